The Bertz CT molecular complexity index is 483. The lowest BCUT2D eigenvalue weighted by atomic mass is 10.4. The van der Waals surface area contributed by atoms with Gasteiger partial charge in [-0.2, -0.15) is 0 Å². The van der Waals surface area contributed by atoms with E-state index in [1.807, 2.05) is 24.4 Å². The molecule has 2 rings (SSSR count). The largest absolute Gasteiger partial charge is 0.409 e. The van der Waals surface area contributed by atoms with Crippen LogP contribution in [-0.4, -0.2) is 10.1 Å². The molecular formula is C7H8N3S2+. The number of hydrogen-bond donors (Lipinski definition) is 1. The lowest BCUT2D eigenvalue weighted by Gasteiger charge is -1.88. The fraction of sp³-hybridized carbons (Fsp3) is 0.286. The van der Waals surface area contributed by atoms with E-state index in [9.17, 15) is 0 Å². The number of H-pyrrole nitrogens is 1. The van der Waals surface area contributed by atoms with Crippen LogP contribution in [0.2, 0.25) is 0 Å². The number of rotatable bonds is 0. The van der Waals surface area contributed by atoms with Crippen molar-refractivity contribution in [2.45, 2.75) is 13.8 Å². The van der Waals surface area contributed by atoms with Crippen LogP contribution in [0.5, 0.6) is 0 Å². The first-order valence-electron chi connectivity index (χ1n) is 3.56. The molecule has 0 aromatic carbocycles. The summed E-state index contributed by atoms with van der Waals surface area (Å²) < 4.78 is 2.66. The Kier molecular flexibility index (Phi) is 1.69. The van der Waals surface area contributed by atoms with Crippen LogP contribution in [0.4, 0.5) is 0 Å². The number of fused-ring (bicyclic) bond motifs is 1. The third-order valence-corrected chi connectivity index (χ3v) is 2.70. The molecule has 2 heterocycles. The highest BCUT2D eigenvalue weighted by Gasteiger charge is 2.10. The highest BCUT2D eigenvalue weighted by molar-refractivity contribution is 7.73. The second-order valence-electron chi connectivity index (χ2n) is 2.66. The molecule has 0 aliphatic heterocycles. The topological polar surface area (TPSA) is 32.8 Å². The number of aryl methyl sites for hydroxylation is 2. The first-order valence-corrected chi connectivity index (χ1v) is 4.78. The van der Waals surface area contributed by atoms with Crippen molar-refractivity contribution in [1.82, 2.24) is 10.1 Å². The molecule has 0 unspecified atom stereocenters. The summed E-state index contributed by atoms with van der Waals surface area (Å²) in [5.41, 5.74) is 2.16. The van der Waals surface area contributed by atoms with E-state index in [0.717, 1.165) is 20.3 Å². The quantitative estimate of drug-likeness (QED) is 0.514. The van der Waals surface area contributed by atoms with Crippen LogP contribution in [-0.2, 0) is 0 Å². The third-order valence-electron chi connectivity index (χ3n) is 1.62. The van der Waals surface area contributed by atoms with Gasteiger partial charge in [0.2, 0.25) is 0 Å². The Labute approximate surface area is 78.7 Å². The molecule has 2 aromatic heterocycles. The minimum absolute atomic E-state index is 0.760. The highest BCUT2D eigenvalue weighted by Crippen LogP contribution is 2.05. The number of nitrogens with zero attached hydrogens (tertiary/aromatic N) is 2. The van der Waals surface area contributed by atoms with Crippen molar-refractivity contribution in [2.24, 2.45) is 0 Å². The summed E-state index contributed by atoms with van der Waals surface area (Å²) in [6, 6.07) is 2.02. The van der Waals surface area contributed by atoms with Crippen LogP contribution in [0.1, 0.15) is 11.4 Å². The van der Waals surface area contributed by atoms with Gasteiger partial charge in [-0.3, -0.25) is 0 Å². The highest BCUT2D eigenvalue weighted by atomic mass is 32.1. The Balaban J connectivity index is 2.97. The van der Waals surface area contributed by atoms with E-state index in [0.29, 0.717) is 0 Å². The van der Waals surface area contributed by atoms with E-state index in [1.54, 1.807) is 0 Å². The summed E-state index contributed by atoms with van der Waals surface area (Å²) in [6.45, 7) is 4.01. The Morgan fingerprint density at radius 1 is 1.58 bits per heavy atom. The van der Waals surface area contributed by atoms with Crippen LogP contribution in [0.15, 0.2) is 6.07 Å². The Morgan fingerprint density at radius 3 is 3.08 bits per heavy atom. The lowest BCUT2D eigenvalue weighted by Crippen LogP contribution is -2.27. The maximum Gasteiger partial charge on any atom is 0.409 e. The standard InChI is InChI=1S/C7H7N3S2/c1-4-3-5(2)10-6(8-4)12-7(11)9-10/h3H,1-2H3/p+1. The molecule has 0 spiro atoms. The van der Waals surface area contributed by atoms with Crippen molar-refractivity contribution < 1.29 is 4.52 Å². The van der Waals surface area contributed by atoms with Crippen molar-refractivity contribution in [3.8, 4) is 0 Å². The molecule has 3 nitrogen and oxygen atoms in total. The van der Waals surface area contributed by atoms with Crippen molar-refractivity contribution in [1.29, 1.82) is 0 Å². The first-order chi connectivity index (χ1) is 5.66. The summed E-state index contributed by atoms with van der Waals surface area (Å²) in [6.07, 6.45) is 0. The zero-order valence-corrected chi connectivity index (χ0v) is 8.42. The van der Waals surface area contributed by atoms with Gasteiger partial charge in [-0.05, 0) is 28.5 Å². The fourth-order valence-corrected chi connectivity index (χ4v) is 2.24. The van der Waals surface area contributed by atoms with E-state index >= 15 is 0 Å². The Morgan fingerprint density at radius 2 is 2.33 bits per heavy atom. The maximum atomic E-state index is 5.02. The summed E-state index contributed by atoms with van der Waals surface area (Å²) in [5.74, 6) is 0. The number of hydrogen-bond acceptors (Lipinski definition) is 3. The molecule has 0 fully saturated rings. The smallest absolute Gasteiger partial charge is 0.201 e. The van der Waals surface area contributed by atoms with Crippen LogP contribution < -0.4 is 4.52 Å². The molecular weight excluding hydrogens is 190 g/mol. The average molecular weight is 198 g/mol. The van der Waals surface area contributed by atoms with Crippen LogP contribution >= 0.6 is 23.6 Å². The summed E-state index contributed by atoms with van der Waals surface area (Å²) >= 11 is 6.51. The van der Waals surface area contributed by atoms with Gasteiger partial charge in [-0.25, -0.2) is 5.10 Å². The predicted molar refractivity (Wildman–Crippen MR) is 49.9 cm³/mol. The van der Waals surface area contributed by atoms with Gasteiger partial charge in [-0.15, -0.1) is 4.52 Å². The second-order valence-corrected chi connectivity index (χ2v) is 4.30. The van der Waals surface area contributed by atoms with Gasteiger partial charge in [-0.1, -0.05) is 0 Å². The predicted octanol–water partition coefficient (Wildman–Crippen LogP) is 1.56. The molecule has 2 aromatic rings. The normalized spacial score (nSPS) is 10.8. The molecule has 62 valence electrons. The minimum atomic E-state index is 0.760. The number of aromatic amines is 1. The SMILES string of the molecule is Cc1cc(C)[n+]2[nH]c(=S)sc2n1. The summed E-state index contributed by atoms with van der Waals surface area (Å²) in [4.78, 5) is 5.27. The summed E-state index contributed by atoms with van der Waals surface area (Å²) in [5, 5.41) is 3.04. The van der Waals surface area contributed by atoms with E-state index in [-0.39, 0.29) is 0 Å². The van der Waals surface area contributed by atoms with Gasteiger partial charge in [0.05, 0.1) is 0 Å². The van der Waals surface area contributed by atoms with Crippen LogP contribution in [0.25, 0.3) is 4.96 Å². The average Bonchev–Trinajstić information content (AvgIpc) is 2.29. The monoisotopic (exact) mass is 198 g/mol. The lowest BCUT2D eigenvalue weighted by molar-refractivity contribution is -0.585. The van der Waals surface area contributed by atoms with E-state index in [2.05, 4.69) is 10.1 Å². The summed E-state index contributed by atoms with van der Waals surface area (Å²) in [7, 11) is 0. The van der Waals surface area contributed by atoms with Crippen molar-refractivity contribution in [2.75, 3.05) is 0 Å². The second kappa shape index (κ2) is 2.60. The molecule has 5 heteroatoms. The van der Waals surface area contributed by atoms with Gasteiger partial charge in [0.15, 0.2) is 9.65 Å². The molecule has 0 aliphatic carbocycles. The number of aromatic nitrogens is 3. The van der Waals surface area contributed by atoms with E-state index < -0.39 is 0 Å². The van der Waals surface area contributed by atoms with Crippen molar-refractivity contribution in [3.05, 3.63) is 21.4 Å². The number of nitrogens with one attached hydrogen (secondary N) is 1. The fourth-order valence-electron chi connectivity index (χ4n) is 1.15. The van der Waals surface area contributed by atoms with E-state index in [1.165, 1.54) is 11.3 Å². The van der Waals surface area contributed by atoms with Gasteiger partial charge < -0.3 is 0 Å². The molecule has 12 heavy (non-hydrogen) atoms. The molecule has 0 amide bonds. The van der Waals surface area contributed by atoms with Crippen molar-refractivity contribution in [3.63, 3.8) is 0 Å². The van der Waals surface area contributed by atoms with Gasteiger partial charge in [0.1, 0.15) is 5.69 Å². The molecule has 0 radical (unpaired) electrons. The van der Waals surface area contributed by atoms with Crippen LogP contribution in [0, 0.1) is 17.8 Å². The first kappa shape index (κ1) is 7.82. The maximum absolute atomic E-state index is 5.02. The zero-order chi connectivity index (χ0) is 8.72. The molecule has 1 N–H and O–H groups in total. The van der Waals surface area contributed by atoms with Gasteiger partial charge in [0.25, 0.3) is 0 Å². The molecule has 0 saturated carbocycles. The molecule has 0 saturated heterocycles. The van der Waals surface area contributed by atoms with Gasteiger partial charge >= 0.3 is 4.96 Å². The minimum Gasteiger partial charge on any atom is -0.201 e. The zero-order valence-electron chi connectivity index (χ0n) is 6.79. The van der Waals surface area contributed by atoms with Crippen molar-refractivity contribution >= 4 is 28.5 Å². The molecule has 0 bridgehead atoms. The molecule has 0 aliphatic rings. The van der Waals surface area contributed by atoms with Gasteiger partial charge in [0, 0.05) is 19.9 Å². The Hall–Kier alpha value is -0.810. The third kappa shape index (κ3) is 1.15. The van der Waals surface area contributed by atoms with E-state index in [4.69, 9.17) is 12.2 Å². The molecule has 0 atom stereocenters. The van der Waals surface area contributed by atoms with Crippen LogP contribution in [0.3, 0.4) is 0 Å².